The molecule has 1 N–H and O–H groups in total. The van der Waals surface area contributed by atoms with Gasteiger partial charge >= 0.3 is 5.97 Å². The number of nitrogens with zero attached hydrogens (tertiary/aromatic N) is 1. The first kappa shape index (κ1) is 11.4. The number of anilines is 1. The number of allylic oxidation sites excluding steroid dienone is 1. The van der Waals surface area contributed by atoms with Crippen LogP contribution in [0, 0.1) is 0 Å². The van der Waals surface area contributed by atoms with Crippen LogP contribution < -0.4 is 5.32 Å². The predicted octanol–water partition coefficient (Wildman–Crippen LogP) is 2.00. The van der Waals surface area contributed by atoms with Crippen molar-refractivity contribution in [2.75, 3.05) is 11.9 Å². The molecule has 0 spiro atoms. The van der Waals surface area contributed by atoms with E-state index in [2.05, 4.69) is 10.3 Å². The number of hydrogen-bond acceptors (Lipinski definition) is 4. The fourth-order valence-electron chi connectivity index (χ4n) is 1.61. The van der Waals surface area contributed by atoms with Crippen LogP contribution in [0.3, 0.4) is 0 Å². The number of benzene rings is 1. The Hall–Kier alpha value is -2.10. The maximum absolute atomic E-state index is 11.9. The summed E-state index contributed by atoms with van der Waals surface area (Å²) < 4.78 is 5.03. The molecule has 88 valence electrons. The Kier molecular flexibility index (Phi) is 3.23. The van der Waals surface area contributed by atoms with E-state index in [1.54, 1.807) is 25.3 Å². The van der Waals surface area contributed by atoms with Crippen LogP contribution in [-0.4, -0.2) is 24.5 Å². The van der Waals surface area contributed by atoms with E-state index in [-0.39, 0.29) is 0 Å². The van der Waals surface area contributed by atoms with Crippen LogP contribution >= 0.6 is 0 Å². The first-order chi connectivity index (χ1) is 8.27. The second kappa shape index (κ2) is 4.82. The zero-order valence-corrected chi connectivity index (χ0v) is 9.59. The highest BCUT2D eigenvalue weighted by Crippen LogP contribution is 2.22. The van der Waals surface area contributed by atoms with E-state index in [4.69, 9.17) is 4.74 Å². The molecule has 1 aliphatic heterocycles. The summed E-state index contributed by atoms with van der Waals surface area (Å²) in [5.74, 6) is -0.395. The Labute approximate surface area is 100 Å². The van der Waals surface area contributed by atoms with Crippen LogP contribution in [0.15, 0.2) is 47.5 Å². The molecule has 2 rings (SSSR count). The Morgan fingerprint density at radius 2 is 2.18 bits per heavy atom. The van der Waals surface area contributed by atoms with Gasteiger partial charge in [0, 0.05) is 11.9 Å². The molecule has 0 aromatic heterocycles. The summed E-state index contributed by atoms with van der Waals surface area (Å²) in [5.41, 5.74) is -0.290. The Morgan fingerprint density at radius 3 is 2.76 bits per heavy atom. The number of rotatable bonds is 4. The molecule has 0 amide bonds. The minimum atomic E-state index is -1.11. The molecule has 4 nitrogen and oxygen atoms in total. The highest BCUT2D eigenvalue weighted by atomic mass is 16.5. The van der Waals surface area contributed by atoms with E-state index in [1.165, 1.54) is 0 Å². The fourth-order valence-corrected chi connectivity index (χ4v) is 1.61. The van der Waals surface area contributed by atoms with E-state index >= 15 is 0 Å². The molecule has 0 radical (unpaired) electrons. The van der Waals surface area contributed by atoms with Gasteiger partial charge in [-0.3, -0.25) is 4.99 Å². The molecule has 1 aliphatic rings. The average Bonchev–Trinajstić information content (AvgIpc) is 2.80. The van der Waals surface area contributed by atoms with Crippen LogP contribution in [0.1, 0.15) is 6.92 Å². The van der Waals surface area contributed by atoms with Gasteiger partial charge in [-0.05, 0) is 31.2 Å². The van der Waals surface area contributed by atoms with Crippen molar-refractivity contribution in [2.24, 2.45) is 4.99 Å². The van der Waals surface area contributed by atoms with Crippen LogP contribution in [0.4, 0.5) is 5.69 Å². The second-order valence-electron chi connectivity index (χ2n) is 3.62. The van der Waals surface area contributed by atoms with E-state index in [0.717, 1.165) is 5.69 Å². The van der Waals surface area contributed by atoms with E-state index in [0.29, 0.717) is 6.61 Å². The average molecular weight is 230 g/mol. The predicted molar refractivity (Wildman–Crippen MR) is 67.1 cm³/mol. The molecule has 1 atom stereocenters. The standard InChI is InChI=1S/C13H14N2O2/c1-2-17-12(16)13(9-6-10-14-13)15-11-7-4-3-5-8-11/h3-10,15H,2H2,1H3. The maximum Gasteiger partial charge on any atom is 0.359 e. The first-order valence-corrected chi connectivity index (χ1v) is 5.50. The van der Waals surface area contributed by atoms with Gasteiger partial charge in [-0.2, -0.15) is 0 Å². The van der Waals surface area contributed by atoms with Crippen molar-refractivity contribution in [1.29, 1.82) is 0 Å². The molecule has 1 heterocycles. The number of esters is 1. The number of ether oxygens (including phenoxy) is 1. The summed E-state index contributed by atoms with van der Waals surface area (Å²) >= 11 is 0. The molecule has 0 fully saturated rings. The fraction of sp³-hybridized carbons (Fsp3) is 0.231. The van der Waals surface area contributed by atoms with Gasteiger partial charge in [0.1, 0.15) is 0 Å². The lowest BCUT2D eigenvalue weighted by molar-refractivity contribution is -0.146. The van der Waals surface area contributed by atoms with Crippen molar-refractivity contribution >= 4 is 17.9 Å². The van der Waals surface area contributed by atoms with Gasteiger partial charge in [0.15, 0.2) is 0 Å². The third-order valence-electron chi connectivity index (χ3n) is 2.40. The first-order valence-electron chi connectivity index (χ1n) is 5.50. The number of aliphatic imine (C=N–C) groups is 1. The minimum Gasteiger partial charge on any atom is -0.463 e. The third kappa shape index (κ3) is 2.36. The lowest BCUT2D eigenvalue weighted by Crippen LogP contribution is -2.43. The summed E-state index contributed by atoms with van der Waals surface area (Å²) in [6.45, 7) is 2.11. The topological polar surface area (TPSA) is 50.7 Å². The number of carbonyl (C=O) groups is 1. The van der Waals surface area contributed by atoms with E-state index in [9.17, 15) is 4.79 Å². The van der Waals surface area contributed by atoms with Crippen LogP contribution in [0.5, 0.6) is 0 Å². The molecule has 1 aromatic carbocycles. The van der Waals surface area contributed by atoms with Gasteiger partial charge in [-0.1, -0.05) is 18.2 Å². The number of nitrogens with one attached hydrogen (secondary N) is 1. The minimum absolute atomic E-state index is 0.334. The Bertz CT molecular complexity index is 440. The van der Waals surface area contributed by atoms with Crippen molar-refractivity contribution in [3.63, 3.8) is 0 Å². The maximum atomic E-state index is 11.9. The van der Waals surface area contributed by atoms with Crippen molar-refractivity contribution in [3.05, 3.63) is 42.5 Å². The SMILES string of the molecule is CCOC(=O)C1(Nc2ccccc2)C=CC=N1. The molecule has 17 heavy (non-hydrogen) atoms. The molecule has 0 saturated carbocycles. The zero-order valence-electron chi connectivity index (χ0n) is 9.59. The number of hydrogen-bond donors (Lipinski definition) is 1. The summed E-state index contributed by atoms with van der Waals surface area (Å²) in [6.07, 6.45) is 5.01. The second-order valence-corrected chi connectivity index (χ2v) is 3.62. The smallest absolute Gasteiger partial charge is 0.359 e. The molecular weight excluding hydrogens is 216 g/mol. The highest BCUT2D eigenvalue weighted by Gasteiger charge is 2.38. The van der Waals surface area contributed by atoms with Crippen molar-refractivity contribution in [3.8, 4) is 0 Å². The van der Waals surface area contributed by atoms with Crippen molar-refractivity contribution < 1.29 is 9.53 Å². The van der Waals surface area contributed by atoms with Crippen LogP contribution in [-0.2, 0) is 9.53 Å². The van der Waals surface area contributed by atoms with Crippen molar-refractivity contribution in [2.45, 2.75) is 12.6 Å². The number of carbonyl (C=O) groups excluding carboxylic acids is 1. The van der Waals surface area contributed by atoms with E-state index < -0.39 is 11.6 Å². The van der Waals surface area contributed by atoms with Gasteiger partial charge in [0.2, 0.25) is 5.66 Å². The molecular formula is C13H14N2O2. The van der Waals surface area contributed by atoms with E-state index in [1.807, 2.05) is 30.3 Å². The molecule has 0 bridgehead atoms. The summed E-state index contributed by atoms with van der Waals surface area (Å²) in [4.78, 5) is 16.1. The molecule has 4 heteroatoms. The van der Waals surface area contributed by atoms with Gasteiger partial charge in [-0.15, -0.1) is 0 Å². The van der Waals surface area contributed by atoms with Gasteiger partial charge in [-0.25, -0.2) is 4.79 Å². The summed E-state index contributed by atoms with van der Waals surface area (Å²) in [7, 11) is 0. The zero-order chi connectivity index (χ0) is 12.1. The normalized spacial score (nSPS) is 21.5. The number of para-hydroxylation sites is 1. The monoisotopic (exact) mass is 230 g/mol. The molecule has 0 aliphatic carbocycles. The molecule has 0 saturated heterocycles. The van der Waals surface area contributed by atoms with Crippen molar-refractivity contribution in [1.82, 2.24) is 0 Å². The van der Waals surface area contributed by atoms with Crippen LogP contribution in [0.2, 0.25) is 0 Å². The highest BCUT2D eigenvalue weighted by molar-refractivity contribution is 5.93. The van der Waals surface area contributed by atoms with Gasteiger partial charge in [0.05, 0.1) is 6.61 Å². The summed E-state index contributed by atoms with van der Waals surface area (Å²) in [6, 6.07) is 9.45. The lowest BCUT2D eigenvalue weighted by Gasteiger charge is -2.24. The van der Waals surface area contributed by atoms with Gasteiger partial charge in [0.25, 0.3) is 0 Å². The van der Waals surface area contributed by atoms with Crippen LogP contribution in [0.25, 0.3) is 0 Å². The summed E-state index contributed by atoms with van der Waals surface area (Å²) in [5, 5.41) is 3.08. The largest absolute Gasteiger partial charge is 0.463 e. The third-order valence-corrected chi connectivity index (χ3v) is 2.40. The molecule has 1 aromatic rings. The molecule has 1 unspecified atom stereocenters. The lowest BCUT2D eigenvalue weighted by atomic mass is 10.1. The Morgan fingerprint density at radius 1 is 1.41 bits per heavy atom. The quantitative estimate of drug-likeness (QED) is 0.805. The van der Waals surface area contributed by atoms with Gasteiger partial charge < -0.3 is 10.1 Å². The Balaban J connectivity index is 2.22.